The largest absolute Gasteiger partial charge is 0.370 e. The van der Waals surface area contributed by atoms with Crippen LogP contribution in [-0.2, 0) is 11.2 Å². The fraction of sp³-hybridized carbons (Fsp3) is 0.200. The first-order chi connectivity index (χ1) is 6.77. The number of carbonyl (C=O) groups excluding carboxylic acids is 1. The van der Waals surface area contributed by atoms with Gasteiger partial charge in [-0.3, -0.25) is 4.79 Å². The van der Waals surface area contributed by atoms with Crippen LogP contribution in [0.15, 0.2) is 30.6 Å². The predicted octanol–water partition coefficient (Wildman–Crippen LogP) is 0.752. The maximum atomic E-state index is 10.6. The van der Waals surface area contributed by atoms with Crippen molar-refractivity contribution < 1.29 is 4.79 Å². The van der Waals surface area contributed by atoms with Crippen LogP contribution < -0.4 is 5.73 Å². The van der Waals surface area contributed by atoms with E-state index in [-0.39, 0.29) is 5.91 Å². The van der Waals surface area contributed by atoms with Gasteiger partial charge in [0.1, 0.15) is 5.65 Å². The summed E-state index contributed by atoms with van der Waals surface area (Å²) >= 11 is 0. The fourth-order valence-electron chi connectivity index (χ4n) is 1.42. The molecule has 0 fully saturated rings. The number of amides is 1. The van der Waals surface area contributed by atoms with E-state index in [4.69, 9.17) is 5.73 Å². The van der Waals surface area contributed by atoms with E-state index in [1.165, 1.54) is 0 Å². The Bertz CT molecular complexity index is 461. The van der Waals surface area contributed by atoms with Crippen molar-refractivity contribution in [2.75, 3.05) is 0 Å². The monoisotopic (exact) mass is 189 g/mol. The lowest BCUT2D eigenvalue weighted by Gasteiger charge is -1.98. The molecule has 0 aliphatic rings. The molecule has 0 aliphatic carbocycles. The Balaban J connectivity index is 2.29. The van der Waals surface area contributed by atoms with Crippen molar-refractivity contribution in [1.29, 1.82) is 0 Å². The Labute approximate surface area is 81.4 Å². The summed E-state index contributed by atoms with van der Waals surface area (Å²) in [5, 5.41) is 0. The summed E-state index contributed by atoms with van der Waals surface area (Å²) in [6.07, 6.45) is 4.71. The summed E-state index contributed by atoms with van der Waals surface area (Å²) in [7, 11) is 0. The molecule has 14 heavy (non-hydrogen) atoms. The molecule has 1 amide bonds. The van der Waals surface area contributed by atoms with Gasteiger partial charge in [-0.1, -0.05) is 6.07 Å². The van der Waals surface area contributed by atoms with Crippen LogP contribution in [0.3, 0.4) is 0 Å². The number of aryl methyl sites for hydroxylation is 1. The molecule has 0 spiro atoms. The van der Waals surface area contributed by atoms with E-state index in [1.54, 1.807) is 6.20 Å². The normalized spacial score (nSPS) is 10.6. The highest BCUT2D eigenvalue weighted by Gasteiger charge is 2.03. The third-order valence-corrected chi connectivity index (χ3v) is 2.12. The highest BCUT2D eigenvalue weighted by atomic mass is 16.1. The van der Waals surface area contributed by atoms with Crippen molar-refractivity contribution in [1.82, 2.24) is 9.38 Å². The molecule has 2 aromatic heterocycles. The van der Waals surface area contributed by atoms with Gasteiger partial charge in [-0.05, 0) is 18.6 Å². The molecule has 0 aromatic carbocycles. The zero-order chi connectivity index (χ0) is 9.97. The first-order valence-corrected chi connectivity index (χ1v) is 4.46. The van der Waals surface area contributed by atoms with Gasteiger partial charge in [-0.2, -0.15) is 0 Å². The number of pyridine rings is 1. The molecule has 0 unspecified atom stereocenters. The Kier molecular flexibility index (Phi) is 2.18. The topological polar surface area (TPSA) is 60.4 Å². The highest BCUT2D eigenvalue weighted by molar-refractivity contribution is 5.73. The number of nitrogens with two attached hydrogens (primary N) is 1. The molecule has 2 heterocycles. The molecule has 72 valence electrons. The number of primary amides is 1. The molecular formula is C10H11N3O. The molecule has 0 atom stereocenters. The lowest BCUT2D eigenvalue weighted by Crippen LogP contribution is -2.11. The summed E-state index contributed by atoms with van der Waals surface area (Å²) in [5.41, 5.74) is 6.99. The Morgan fingerprint density at radius 2 is 2.36 bits per heavy atom. The summed E-state index contributed by atoms with van der Waals surface area (Å²) in [5.74, 6) is -0.282. The van der Waals surface area contributed by atoms with E-state index in [1.807, 2.05) is 28.8 Å². The second kappa shape index (κ2) is 3.49. The lowest BCUT2D eigenvalue weighted by atomic mass is 10.2. The molecule has 4 nitrogen and oxygen atoms in total. The second-order valence-corrected chi connectivity index (χ2v) is 3.14. The maximum absolute atomic E-state index is 10.6. The van der Waals surface area contributed by atoms with Crippen molar-refractivity contribution in [3.05, 3.63) is 36.3 Å². The Morgan fingerprint density at radius 3 is 3.14 bits per heavy atom. The zero-order valence-corrected chi connectivity index (χ0v) is 7.68. The van der Waals surface area contributed by atoms with Crippen LogP contribution in [0.25, 0.3) is 5.65 Å². The zero-order valence-electron chi connectivity index (χ0n) is 7.68. The Morgan fingerprint density at radius 1 is 1.50 bits per heavy atom. The van der Waals surface area contributed by atoms with E-state index >= 15 is 0 Å². The minimum absolute atomic E-state index is 0.282. The van der Waals surface area contributed by atoms with Gasteiger partial charge in [-0.25, -0.2) is 4.98 Å². The Hall–Kier alpha value is -1.84. The number of nitrogens with zero attached hydrogens (tertiary/aromatic N) is 2. The van der Waals surface area contributed by atoms with Gasteiger partial charge in [0.25, 0.3) is 0 Å². The molecule has 0 aliphatic heterocycles. The van der Waals surface area contributed by atoms with Crippen LogP contribution in [0.2, 0.25) is 0 Å². The molecule has 0 radical (unpaired) electrons. The van der Waals surface area contributed by atoms with Crippen molar-refractivity contribution in [2.45, 2.75) is 12.8 Å². The molecule has 0 bridgehead atoms. The molecule has 4 heteroatoms. The molecule has 2 rings (SSSR count). The quantitative estimate of drug-likeness (QED) is 0.774. The molecule has 2 N–H and O–H groups in total. The van der Waals surface area contributed by atoms with Crippen LogP contribution in [0.4, 0.5) is 0 Å². The summed E-state index contributed by atoms with van der Waals surface area (Å²) in [4.78, 5) is 14.8. The van der Waals surface area contributed by atoms with Gasteiger partial charge < -0.3 is 10.1 Å². The number of fused-ring (bicyclic) bond motifs is 1. The third kappa shape index (κ3) is 1.59. The number of imidazole rings is 1. The second-order valence-electron chi connectivity index (χ2n) is 3.14. The maximum Gasteiger partial charge on any atom is 0.217 e. The summed E-state index contributed by atoms with van der Waals surface area (Å²) < 4.78 is 1.96. The van der Waals surface area contributed by atoms with Crippen LogP contribution in [0.5, 0.6) is 0 Å². The number of aromatic nitrogens is 2. The van der Waals surface area contributed by atoms with Crippen LogP contribution >= 0.6 is 0 Å². The average Bonchev–Trinajstić information content (AvgIpc) is 2.58. The van der Waals surface area contributed by atoms with Gasteiger partial charge in [0.2, 0.25) is 5.91 Å². The van der Waals surface area contributed by atoms with E-state index < -0.39 is 0 Å². The minimum Gasteiger partial charge on any atom is -0.370 e. The van der Waals surface area contributed by atoms with Crippen molar-refractivity contribution >= 4 is 11.6 Å². The number of hydrogen-bond acceptors (Lipinski definition) is 2. The van der Waals surface area contributed by atoms with Crippen molar-refractivity contribution in [3.8, 4) is 0 Å². The third-order valence-electron chi connectivity index (χ3n) is 2.12. The predicted molar refractivity (Wildman–Crippen MR) is 52.7 cm³/mol. The standard InChI is InChI=1S/C10H11N3O/c11-9(14)5-4-8-7-12-10-3-1-2-6-13(8)10/h1-3,6-7H,4-5H2,(H2,11,14). The van der Waals surface area contributed by atoms with Crippen LogP contribution in [0.1, 0.15) is 12.1 Å². The molecule has 2 aromatic rings. The van der Waals surface area contributed by atoms with E-state index in [0.29, 0.717) is 12.8 Å². The average molecular weight is 189 g/mol. The SMILES string of the molecule is NC(=O)CCc1cnc2ccccn12. The smallest absolute Gasteiger partial charge is 0.217 e. The van der Waals surface area contributed by atoms with E-state index in [9.17, 15) is 4.79 Å². The molecular weight excluding hydrogens is 178 g/mol. The fourth-order valence-corrected chi connectivity index (χ4v) is 1.42. The van der Waals surface area contributed by atoms with Crippen LogP contribution in [0, 0.1) is 0 Å². The van der Waals surface area contributed by atoms with Gasteiger partial charge >= 0.3 is 0 Å². The van der Waals surface area contributed by atoms with Gasteiger partial charge in [0, 0.05) is 24.5 Å². The summed E-state index contributed by atoms with van der Waals surface area (Å²) in [6, 6.07) is 5.79. The van der Waals surface area contributed by atoms with Crippen LogP contribution in [-0.4, -0.2) is 15.3 Å². The van der Waals surface area contributed by atoms with E-state index in [2.05, 4.69) is 4.98 Å². The van der Waals surface area contributed by atoms with Gasteiger partial charge in [0.05, 0.1) is 0 Å². The van der Waals surface area contributed by atoms with Crippen molar-refractivity contribution in [3.63, 3.8) is 0 Å². The lowest BCUT2D eigenvalue weighted by molar-refractivity contribution is -0.118. The molecule has 0 saturated carbocycles. The van der Waals surface area contributed by atoms with Gasteiger partial charge in [-0.15, -0.1) is 0 Å². The number of carbonyl (C=O) groups is 1. The molecule has 0 saturated heterocycles. The minimum atomic E-state index is -0.282. The first-order valence-electron chi connectivity index (χ1n) is 4.46. The number of hydrogen-bond donors (Lipinski definition) is 1. The van der Waals surface area contributed by atoms with E-state index in [0.717, 1.165) is 11.3 Å². The van der Waals surface area contributed by atoms with Crippen molar-refractivity contribution in [2.24, 2.45) is 5.73 Å². The first kappa shape index (κ1) is 8.74. The number of rotatable bonds is 3. The summed E-state index contributed by atoms with van der Waals surface area (Å²) in [6.45, 7) is 0. The van der Waals surface area contributed by atoms with Gasteiger partial charge in [0.15, 0.2) is 0 Å². The highest BCUT2D eigenvalue weighted by Crippen LogP contribution is 2.07.